The molecule has 0 aromatic carbocycles. The molecule has 0 radical (unpaired) electrons. The van der Waals surface area contributed by atoms with E-state index in [1.165, 1.54) is 83.5 Å². The average Bonchev–Trinajstić information content (AvgIpc) is 3.22. The van der Waals surface area contributed by atoms with Gasteiger partial charge in [-0.25, -0.2) is 4.57 Å². The third-order valence-electron chi connectivity index (χ3n) is 9.69. The van der Waals surface area contributed by atoms with Gasteiger partial charge >= 0.3 is 19.8 Å². The van der Waals surface area contributed by atoms with E-state index >= 15 is 0 Å². The number of rotatable bonds is 43. The fourth-order valence-corrected chi connectivity index (χ4v) is 6.93. The van der Waals surface area contributed by atoms with Crippen LogP contribution in [0.5, 0.6) is 0 Å². The summed E-state index contributed by atoms with van der Waals surface area (Å²) in [5.74, 6) is -0.960. The standard InChI is InChI=1S/C48H85O10P/c1-3-5-7-9-11-13-15-17-19-21-22-24-26-28-30-32-34-36-38-40-48(52)58-46(44-57-59(53,54)56-42-45(50)41-49)43-55-47(51)39-37-35-33-31-29-27-25-23-20-18-16-14-12-10-8-6-4-2/h5,7,11,13,17,19,22,24,28,30,45-46,49-50H,3-4,6,8-10,12,14-16,18,20-21,23,25-27,29,31-44H2,1-2H3,(H,53,54)/b7-5-,13-11-,19-17-,24-22-,30-28-. The topological polar surface area (TPSA) is 149 Å². The molecule has 3 atom stereocenters. The average molecular weight is 853 g/mol. The summed E-state index contributed by atoms with van der Waals surface area (Å²) in [7, 11) is -4.63. The number of hydrogen-bond donors (Lipinski definition) is 3. The number of phosphoric ester groups is 1. The third kappa shape index (κ3) is 43.6. The SMILES string of the molecule is CC/C=C\C/C=C\C/C=C\C/C=C\C/C=C\CCCCCC(=O)OC(COC(=O)CCCCCCCCCCCCCCCCCCC)COP(=O)(O)OCC(O)CO. The van der Waals surface area contributed by atoms with Gasteiger partial charge in [0.15, 0.2) is 6.10 Å². The lowest BCUT2D eigenvalue weighted by atomic mass is 10.0. The number of unbranched alkanes of at least 4 members (excludes halogenated alkanes) is 19. The van der Waals surface area contributed by atoms with E-state index in [4.69, 9.17) is 23.6 Å². The third-order valence-corrected chi connectivity index (χ3v) is 10.6. The highest BCUT2D eigenvalue weighted by Gasteiger charge is 2.27. The van der Waals surface area contributed by atoms with E-state index in [9.17, 15) is 24.2 Å². The van der Waals surface area contributed by atoms with Crippen molar-refractivity contribution in [2.75, 3.05) is 26.4 Å². The molecular formula is C48H85O10P. The van der Waals surface area contributed by atoms with Crippen LogP contribution in [0.1, 0.15) is 194 Å². The van der Waals surface area contributed by atoms with Gasteiger partial charge in [0.05, 0.1) is 19.8 Å². The Kier molecular flexibility index (Phi) is 42.0. The fourth-order valence-electron chi connectivity index (χ4n) is 6.14. The Morgan fingerprint density at radius 3 is 1.41 bits per heavy atom. The molecule has 0 aromatic rings. The van der Waals surface area contributed by atoms with Gasteiger partial charge < -0.3 is 24.6 Å². The van der Waals surface area contributed by atoms with Gasteiger partial charge in [-0.05, 0) is 57.8 Å². The molecule has 10 nitrogen and oxygen atoms in total. The first-order valence-electron chi connectivity index (χ1n) is 23.2. The molecule has 0 aliphatic heterocycles. The van der Waals surface area contributed by atoms with Gasteiger partial charge in [-0.1, -0.05) is 184 Å². The summed E-state index contributed by atoms with van der Waals surface area (Å²) in [4.78, 5) is 35.1. The summed E-state index contributed by atoms with van der Waals surface area (Å²) in [5.41, 5.74) is 0. The highest BCUT2D eigenvalue weighted by Crippen LogP contribution is 2.43. The lowest BCUT2D eigenvalue weighted by Crippen LogP contribution is -2.29. The summed E-state index contributed by atoms with van der Waals surface area (Å²) in [5, 5.41) is 18.4. The molecule has 3 unspecified atom stereocenters. The Hall–Kier alpha value is -2.33. The smallest absolute Gasteiger partial charge is 0.462 e. The first-order valence-corrected chi connectivity index (χ1v) is 24.7. The largest absolute Gasteiger partial charge is 0.472 e. The number of carbonyl (C=O) groups is 2. The predicted octanol–water partition coefficient (Wildman–Crippen LogP) is 12.7. The Labute approximate surface area is 359 Å². The maximum Gasteiger partial charge on any atom is 0.472 e. The Morgan fingerprint density at radius 1 is 0.525 bits per heavy atom. The quantitative estimate of drug-likeness (QED) is 0.0234. The molecule has 342 valence electrons. The zero-order chi connectivity index (χ0) is 43.3. The van der Waals surface area contributed by atoms with Gasteiger partial charge in [-0.3, -0.25) is 18.6 Å². The monoisotopic (exact) mass is 853 g/mol. The van der Waals surface area contributed by atoms with Gasteiger partial charge in [0, 0.05) is 12.8 Å². The van der Waals surface area contributed by atoms with E-state index in [1.54, 1.807) is 0 Å². The van der Waals surface area contributed by atoms with Crippen molar-refractivity contribution in [3.05, 3.63) is 60.8 Å². The molecular weight excluding hydrogens is 767 g/mol. The lowest BCUT2D eigenvalue weighted by molar-refractivity contribution is -0.161. The second-order valence-electron chi connectivity index (χ2n) is 15.4. The van der Waals surface area contributed by atoms with Crippen LogP contribution in [0.2, 0.25) is 0 Å². The van der Waals surface area contributed by atoms with E-state index in [0.717, 1.165) is 70.6 Å². The molecule has 0 spiro atoms. The van der Waals surface area contributed by atoms with Crippen molar-refractivity contribution in [3.8, 4) is 0 Å². The number of aliphatic hydroxyl groups is 2. The predicted molar refractivity (Wildman–Crippen MR) is 242 cm³/mol. The van der Waals surface area contributed by atoms with Crippen LogP contribution in [0.25, 0.3) is 0 Å². The summed E-state index contributed by atoms with van der Waals surface area (Å²) in [6.07, 6.45) is 49.0. The van der Waals surface area contributed by atoms with Crippen molar-refractivity contribution in [2.45, 2.75) is 206 Å². The van der Waals surface area contributed by atoms with Gasteiger partial charge in [0.1, 0.15) is 12.7 Å². The minimum absolute atomic E-state index is 0.144. The van der Waals surface area contributed by atoms with Crippen LogP contribution < -0.4 is 0 Å². The first kappa shape index (κ1) is 56.7. The van der Waals surface area contributed by atoms with Gasteiger partial charge in [0.2, 0.25) is 0 Å². The van der Waals surface area contributed by atoms with Crippen molar-refractivity contribution in [1.82, 2.24) is 0 Å². The maximum absolute atomic E-state index is 12.6. The van der Waals surface area contributed by atoms with Crippen LogP contribution in [0, 0.1) is 0 Å². The number of aliphatic hydroxyl groups excluding tert-OH is 2. The number of hydrogen-bond acceptors (Lipinski definition) is 9. The number of carbonyl (C=O) groups excluding carboxylic acids is 2. The minimum Gasteiger partial charge on any atom is -0.462 e. The second kappa shape index (κ2) is 43.7. The minimum atomic E-state index is -4.63. The van der Waals surface area contributed by atoms with Crippen LogP contribution in [-0.4, -0.2) is 65.7 Å². The summed E-state index contributed by atoms with van der Waals surface area (Å²) in [6, 6.07) is 0. The molecule has 0 aromatic heterocycles. The zero-order valence-corrected chi connectivity index (χ0v) is 38.1. The highest BCUT2D eigenvalue weighted by atomic mass is 31.2. The van der Waals surface area contributed by atoms with E-state index < -0.39 is 51.8 Å². The van der Waals surface area contributed by atoms with E-state index in [0.29, 0.717) is 12.8 Å². The number of phosphoric acid groups is 1. The van der Waals surface area contributed by atoms with Crippen LogP contribution in [-0.2, 0) is 32.7 Å². The van der Waals surface area contributed by atoms with Crippen LogP contribution in [0.4, 0.5) is 0 Å². The summed E-state index contributed by atoms with van der Waals surface area (Å²) >= 11 is 0. The molecule has 0 saturated heterocycles. The molecule has 0 rings (SSSR count). The van der Waals surface area contributed by atoms with Crippen molar-refractivity contribution in [2.24, 2.45) is 0 Å². The molecule has 3 N–H and O–H groups in total. The van der Waals surface area contributed by atoms with Gasteiger partial charge in [-0.2, -0.15) is 0 Å². The van der Waals surface area contributed by atoms with Crippen molar-refractivity contribution < 1.29 is 47.8 Å². The number of ether oxygens (including phenoxy) is 2. The molecule has 0 aliphatic rings. The lowest BCUT2D eigenvalue weighted by Gasteiger charge is -2.20. The maximum atomic E-state index is 12.6. The molecule has 0 aliphatic carbocycles. The normalized spacial score (nSPS) is 14.3. The fraction of sp³-hybridized carbons (Fsp3) is 0.750. The van der Waals surface area contributed by atoms with Gasteiger partial charge in [-0.15, -0.1) is 0 Å². The van der Waals surface area contributed by atoms with Crippen molar-refractivity contribution in [3.63, 3.8) is 0 Å². The number of allylic oxidation sites excluding steroid dienone is 10. The zero-order valence-electron chi connectivity index (χ0n) is 37.2. The Bertz CT molecular complexity index is 1160. The van der Waals surface area contributed by atoms with Crippen LogP contribution >= 0.6 is 7.82 Å². The van der Waals surface area contributed by atoms with E-state index in [2.05, 4.69) is 74.6 Å². The van der Waals surface area contributed by atoms with Crippen molar-refractivity contribution >= 4 is 19.8 Å². The molecule has 0 heterocycles. The molecule has 11 heteroatoms. The van der Waals surface area contributed by atoms with Crippen LogP contribution in [0.15, 0.2) is 60.8 Å². The van der Waals surface area contributed by atoms with Crippen LogP contribution in [0.3, 0.4) is 0 Å². The molecule has 0 bridgehead atoms. The molecule has 0 saturated carbocycles. The highest BCUT2D eigenvalue weighted by molar-refractivity contribution is 7.47. The van der Waals surface area contributed by atoms with E-state index in [1.807, 2.05) is 0 Å². The Balaban J connectivity index is 4.31. The Morgan fingerprint density at radius 2 is 0.932 bits per heavy atom. The summed E-state index contributed by atoms with van der Waals surface area (Å²) in [6.45, 7) is 2.24. The molecule has 0 amide bonds. The second-order valence-corrected chi connectivity index (χ2v) is 16.9. The molecule has 0 fully saturated rings. The summed E-state index contributed by atoms with van der Waals surface area (Å²) < 4.78 is 32.8. The first-order chi connectivity index (χ1) is 28.7. The van der Waals surface area contributed by atoms with E-state index in [-0.39, 0.29) is 19.4 Å². The van der Waals surface area contributed by atoms with Crippen molar-refractivity contribution in [1.29, 1.82) is 0 Å². The van der Waals surface area contributed by atoms with Gasteiger partial charge in [0.25, 0.3) is 0 Å². The molecule has 59 heavy (non-hydrogen) atoms. The number of esters is 2.